The average molecular weight is 411 g/mol. The van der Waals surface area contributed by atoms with E-state index in [1.54, 1.807) is 45.0 Å². The Balaban J connectivity index is 2.15. The molecule has 2 aromatic rings. The molecule has 0 aromatic heterocycles. The van der Waals surface area contributed by atoms with Gasteiger partial charge in [-0.15, -0.1) is 0 Å². The van der Waals surface area contributed by atoms with E-state index in [9.17, 15) is 16.8 Å². The molecule has 2 aromatic carbocycles. The maximum Gasteiger partial charge on any atom is 0.243 e. The molecule has 148 valence electrons. The van der Waals surface area contributed by atoms with E-state index in [0.717, 1.165) is 5.56 Å². The normalized spacial score (nSPS) is 12.5. The molecule has 2 rings (SSSR count). The zero-order valence-corrected chi connectivity index (χ0v) is 17.7. The predicted octanol–water partition coefficient (Wildman–Crippen LogP) is 2.81. The predicted molar refractivity (Wildman–Crippen MR) is 106 cm³/mol. The van der Waals surface area contributed by atoms with E-state index in [4.69, 9.17) is 0 Å². The van der Waals surface area contributed by atoms with E-state index in [1.807, 2.05) is 13.0 Å². The fourth-order valence-corrected chi connectivity index (χ4v) is 5.55. The molecule has 0 aliphatic rings. The van der Waals surface area contributed by atoms with E-state index in [-0.39, 0.29) is 16.3 Å². The highest BCUT2D eigenvalue weighted by molar-refractivity contribution is 7.89. The number of nitrogens with one attached hydrogen (secondary N) is 1. The Labute approximate surface area is 162 Å². The van der Waals surface area contributed by atoms with Gasteiger partial charge in [0, 0.05) is 19.6 Å². The van der Waals surface area contributed by atoms with E-state index >= 15 is 0 Å². The van der Waals surface area contributed by atoms with Gasteiger partial charge in [-0.2, -0.15) is 4.31 Å². The molecule has 0 saturated carbocycles. The van der Waals surface area contributed by atoms with Crippen LogP contribution >= 0.6 is 0 Å². The molecule has 0 unspecified atom stereocenters. The van der Waals surface area contributed by atoms with Crippen LogP contribution in [0.5, 0.6) is 0 Å². The number of benzene rings is 2. The average Bonchev–Trinajstić information content (AvgIpc) is 2.61. The van der Waals surface area contributed by atoms with Crippen LogP contribution in [0, 0.1) is 13.8 Å². The van der Waals surface area contributed by atoms with Gasteiger partial charge in [-0.1, -0.05) is 43.7 Å². The molecule has 8 heteroatoms. The molecule has 0 fully saturated rings. The van der Waals surface area contributed by atoms with Crippen LogP contribution in [-0.2, 0) is 26.6 Å². The van der Waals surface area contributed by atoms with Gasteiger partial charge in [0.1, 0.15) is 0 Å². The maximum atomic E-state index is 12.5. The lowest BCUT2D eigenvalue weighted by atomic mass is 10.2. The summed E-state index contributed by atoms with van der Waals surface area (Å²) in [7, 11) is -7.16. The minimum absolute atomic E-state index is 0.0846. The number of nitrogens with zero attached hydrogens (tertiary/aromatic N) is 1. The van der Waals surface area contributed by atoms with Crippen LogP contribution in [-0.4, -0.2) is 34.2 Å². The molecule has 0 saturated heterocycles. The fraction of sp³-hybridized carbons (Fsp3) is 0.368. The first-order valence-electron chi connectivity index (χ1n) is 8.77. The van der Waals surface area contributed by atoms with Gasteiger partial charge in [-0.25, -0.2) is 21.6 Å². The Kier molecular flexibility index (Phi) is 6.80. The van der Waals surface area contributed by atoms with Crippen LogP contribution < -0.4 is 4.72 Å². The van der Waals surface area contributed by atoms with Gasteiger partial charge in [0.05, 0.1) is 9.79 Å². The molecule has 0 spiro atoms. The molecule has 0 radical (unpaired) electrons. The lowest BCUT2D eigenvalue weighted by molar-refractivity contribution is 0.445. The van der Waals surface area contributed by atoms with Gasteiger partial charge in [0.25, 0.3) is 0 Å². The van der Waals surface area contributed by atoms with Gasteiger partial charge in [0.15, 0.2) is 0 Å². The highest BCUT2D eigenvalue weighted by Gasteiger charge is 2.21. The van der Waals surface area contributed by atoms with Crippen LogP contribution in [0.15, 0.2) is 52.3 Å². The summed E-state index contributed by atoms with van der Waals surface area (Å²) in [5, 5.41) is 0. The quantitative estimate of drug-likeness (QED) is 0.725. The maximum absolute atomic E-state index is 12.5. The second kappa shape index (κ2) is 8.52. The van der Waals surface area contributed by atoms with Crippen molar-refractivity contribution in [2.75, 3.05) is 13.1 Å². The van der Waals surface area contributed by atoms with Crippen molar-refractivity contribution in [3.8, 4) is 0 Å². The summed E-state index contributed by atoms with van der Waals surface area (Å²) in [6.45, 7) is 8.13. The molecule has 0 atom stereocenters. The third-order valence-electron chi connectivity index (χ3n) is 4.35. The zero-order valence-electron chi connectivity index (χ0n) is 16.1. The molecule has 0 aliphatic heterocycles. The third-order valence-corrected chi connectivity index (χ3v) is 7.98. The molecule has 0 bridgehead atoms. The number of sulfonamides is 2. The SMILES string of the molecule is CCN(CC)S(=O)(=O)c1ccc(CNS(=O)(=O)c2ccc(C)cc2C)cc1. The first-order valence-corrected chi connectivity index (χ1v) is 11.7. The van der Waals surface area contributed by atoms with E-state index in [1.165, 1.54) is 16.4 Å². The molecular weight excluding hydrogens is 384 g/mol. The van der Waals surface area contributed by atoms with Gasteiger partial charge in [-0.3, -0.25) is 0 Å². The summed E-state index contributed by atoms with van der Waals surface area (Å²) in [5.41, 5.74) is 2.36. The fourth-order valence-electron chi connectivity index (χ4n) is 2.85. The summed E-state index contributed by atoms with van der Waals surface area (Å²) < 4.78 is 54.0. The lowest BCUT2D eigenvalue weighted by Crippen LogP contribution is -2.30. The number of hydrogen-bond acceptors (Lipinski definition) is 4. The van der Waals surface area contributed by atoms with E-state index in [2.05, 4.69) is 4.72 Å². The number of hydrogen-bond donors (Lipinski definition) is 1. The minimum Gasteiger partial charge on any atom is -0.207 e. The molecule has 27 heavy (non-hydrogen) atoms. The summed E-state index contributed by atoms with van der Waals surface area (Å²) >= 11 is 0. The second-order valence-corrected chi connectivity index (χ2v) is 10.0. The summed E-state index contributed by atoms with van der Waals surface area (Å²) in [4.78, 5) is 0.445. The van der Waals surface area contributed by atoms with Crippen LogP contribution in [0.25, 0.3) is 0 Å². The minimum atomic E-state index is -3.64. The Bertz CT molecular complexity index is 995. The van der Waals surface area contributed by atoms with Gasteiger partial charge >= 0.3 is 0 Å². The Morgan fingerprint density at radius 2 is 1.48 bits per heavy atom. The molecule has 0 amide bonds. The van der Waals surface area contributed by atoms with Crippen molar-refractivity contribution in [3.63, 3.8) is 0 Å². The third kappa shape index (κ3) is 4.95. The second-order valence-electron chi connectivity index (χ2n) is 6.33. The monoisotopic (exact) mass is 410 g/mol. The number of aryl methyl sites for hydroxylation is 2. The Hall–Kier alpha value is -1.74. The lowest BCUT2D eigenvalue weighted by Gasteiger charge is -2.18. The Morgan fingerprint density at radius 3 is 2.00 bits per heavy atom. The molecule has 0 heterocycles. The van der Waals surface area contributed by atoms with Gasteiger partial charge in [-0.05, 0) is 43.2 Å². The summed E-state index contributed by atoms with van der Waals surface area (Å²) in [6, 6.07) is 11.4. The molecular formula is C19H26N2O4S2. The van der Waals surface area contributed by atoms with E-state index < -0.39 is 20.0 Å². The van der Waals surface area contributed by atoms with Crippen LogP contribution in [0.3, 0.4) is 0 Å². The van der Waals surface area contributed by atoms with E-state index in [0.29, 0.717) is 24.2 Å². The zero-order chi connectivity index (χ0) is 20.2. The van der Waals surface area contributed by atoms with Crippen molar-refractivity contribution in [2.45, 2.75) is 44.0 Å². The van der Waals surface area contributed by atoms with Gasteiger partial charge in [0.2, 0.25) is 20.0 Å². The molecule has 6 nitrogen and oxygen atoms in total. The topological polar surface area (TPSA) is 83.6 Å². The van der Waals surface area contributed by atoms with Crippen LogP contribution in [0.1, 0.15) is 30.5 Å². The van der Waals surface area contributed by atoms with Crippen molar-refractivity contribution in [1.29, 1.82) is 0 Å². The molecule has 0 aliphatic carbocycles. The highest BCUT2D eigenvalue weighted by atomic mass is 32.2. The van der Waals surface area contributed by atoms with Crippen molar-refractivity contribution < 1.29 is 16.8 Å². The number of rotatable bonds is 8. The first-order chi connectivity index (χ1) is 12.6. The van der Waals surface area contributed by atoms with Crippen molar-refractivity contribution in [1.82, 2.24) is 9.03 Å². The summed E-state index contributed by atoms with van der Waals surface area (Å²) in [6.07, 6.45) is 0. The van der Waals surface area contributed by atoms with Crippen molar-refractivity contribution in [2.24, 2.45) is 0 Å². The first kappa shape index (κ1) is 21.6. The summed E-state index contributed by atoms with van der Waals surface area (Å²) in [5.74, 6) is 0. The van der Waals surface area contributed by atoms with Crippen molar-refractivity contribution >= 4 is 20.0 Å². The van der Waals surface area contributed by atoms with Crippen LogP contribution in [0.2, 0.25) is 0 Å². The Morgan fingerprint density at radius 1 is 0.889 bits per heavy atom. The van der Waals surface area contributed by atoms with Gasteiger partial charge < -0.3 is 0 Å². The molecule has 1 N–H and O–H groups in total. The van der Waals surface area contributed by atoms with Crippen molar-refractivity contribution in [3.05, 3.63) is 59.2 Å². The standard InChI is InChI=1S/C19H26N2O4S2/c1-5-21(6-2)27(24,25)18-10-8-17(9-11-18)14-20-26(22,23)19-12-7-15(3)13-16(19)4/h7-13,20H,5-6,14H2,1-4H3. The smallest absolute Gasteiger partial charge is 0.207 e. The van der Waals surface area contributed by atoms with Crippen LogP contribution in [0.4, 0.5) is 0 Å². The highest BCUT2D eigenvalue weighted by Crippen LogP contribution is 2.18. The largest absolute Gasteiger partial charge is 0.243 e.